The van der Waals surface area contributed by atoms with Crippen LogP contribution >= 0.6 is 27.3 Å². The van der Waals surface area contributed by atoms with Crippen LogP contribution in [0, 0.1) is 18.7 Å². The van der Waals surface area contributed by atoms with Gasteiger partial charge in [0.1, 0.15) is 11.5 Å². The van der Waals surface area contributed by atoms with Crippen molar-refractivity contribution in [2.24, 2.45) is 5.92 Å². The molecule has 1 aromatic carbocycles. The second-order valence-corrected chi connectivity index (χ2v) is 9.81. The Morgan fingerprint density at radius 1 is 1.27 bits per heavy atom. The van der Waals surface area contributed by atoms with Gasteiger partial charge in [-0.1, -0.05) is 12.1 Å². The van der Waals surface area contributed by atoms with Gasteiger partial charge in [-0.3, -0.25) is 4.79 Å². The molecule has 3 aromatic rings. The van der Waals surface area contributed by atoms with Gasteiger partial charge < -0.3 is 10.2 Å². The Kier molecular flexibility index (Phi) is 5.02. The lowest BCUT2D eigenvalue weighted by molar-refractivity contribution is 0.0704. The van der Waals surface area contributed by atoms with Gasteiger partial charge in [0, 0.05) is 25.0 Å². The van der Waals surface area contributed by atoms with Crippen LogP contribution in [0.15, 0.2) is 41.1 Å². The predicted octanol–water partition coefficient (Wildman–Crippen LogP) is 4.53. The number of carbonyl (C=O) groups is 1. The Bertz CT molecular complexity index is 1090. The number of carbonyl (C=O) groups excluding carboxylic acids is 1. The minimum Gasteiger partial charge on any atom is -0.352 e. The zero-order chi connectivity index (χ0) is 20.8. The van der Waals surface area contributed by atoms with Crippen LogP contribution in [-0.2, 0) is 0 Å². The van der Waals surface area contributed by atoms with E-state index >= 15 is 0 Å². The van der Waals surface area contributed by atoms with E-state index in [-0.39, 0.29) is 23.8 Å². The molecule has 1 aliphatic heterocycles. The molecule has 5 rings (SSSR count). The molecular formula is C21H19BrFN5OS. The van der Waals surface area contributed by atoms with E-state index in [1.54, 1.807) is 24.5 Å². The first-order valence-electron chi connectivity index (χ1n) is 9.77. The molecule has 6 nitrogen and oxygen atoms in total. The molecule has 1 aliphatic carbocycles. The van der Waals surface area contributed by atoms with Crippen LogP contribution in [0.5, 0.6) is 0 Å². The van der Waals surface area contributed by atoms with Crippen molar-refractivity contribution >= 4 is 39.1 Å². The Morgan fingerprint density at radius 3 is 2.73 bits per heavy atom. The highest BCUT2D eigenvalue weighted by atomic mass is 79.9. The Balaban J connectivity index is 1.38. The number of hydrogen-bond acceptors (Lipinski definition) is 6. The molecule has 1 N–H and O–H groups in total. The second kappa shape index (κ2) is 7.70. The van der Waals surface area contributed by atoms with Crippen molar-refractivity contribution in [3.8, 4) is 10.4 Å². The summed E-state index contributed by atoms with van der Waals surface area (Å²) in [4.78, 5) is 29.4. The van der Waals surface area contributed by atoms with Crippen molar-refractivity contribution < 1.29 is 9.18 Å². The molecule has 2 aliphatic rings. The predicted molar refractivity (Wildman–Crippen MR) is 117 cm³/mol. The molecule has 2 fully saturated rings. The van der Waals surface area contributed by atoms with Crippen molar-refractivity contribution in [3.05, 3.63) is 57.7 Å². The summed E-state index contributed by atoms with van der Waals surface area (Å²) < 4.78 is 14.2. The van der Waals surface area contributed by atoms with Crippen LogP contribution in [0.25, 0.3) is 10.4 Å². The summed E-state index contributed by atoms with van der Waals surface area (Å²) in [7, 11) is 0. The molecule has 3 heterocycles. The first-order valence-corrected chi connectivity index (χ1v) is 11.4. The normalized spacial score (nSPS) is 22.1. The molecule has 1 saturated heterocycles. The molecule has 1 saturated carbocycles. The lowest BCUT2D eigenvalue weighted by Crippen LogP contribution is -2.42. The maximum atomic E-state index is 13.6. The van der Waals surface area contributed by atoms with Gasteiger partial charge in [-0.25, -0.2) is 19.3 Å². The molecule has 154 valence electrons. The van der Waals surface area contributed by atoms with Gasteiger partial charge in [0.2, 0.25) is 5.95 Å². The smallest absolute Gasteiger partial charge is 0.274 e. The van der Waals surface area contributed by atoms with Crippen LogP contribution < -0.4 is 5.32 Å². The summed E-state index contributed by atoms with van der Waals surface area (Å²) in [5.74, 6) is 0.755. The van der Waals surface area contributed by atoms with E-state index in [9.17, 15) is 9.18 Å². The van der Waals surface area contributed by atoms with Gasteiger partial charge in [-0.05, 0) is 59.3 Å². The highest BCUT2D eigenvalue weighted by Crippen LogP contribution is 2.49. The van der Waals surface area contributed by atoms with Crippen LogP contribution in [0.3, 0.4) is 0 Å². The van der Waals surface area contributed by atoms with E-state index in [0.29, 0.717) is 24.1 Å². The van der Waals surface area contributed by atoms with Crippen molar-refractivity contribution in [1.29, 1.82) is 0 Å². The molecule has 0 unspecified atom stereocenters. The summed E-state index contributed by atoms with van der Waals surface area (Å²) in [5.41, 5.74) is 1.27. The quantitative estimate of drug-likeness (QED) is 0.572. The average molecular weight is 488 g/mol. The lowest BCUT2D eigenvalue weighted by atomic mass is 10.1. The molecule has 0 radical (unpaired) electrons. The molecule has 0 spiro atoms. The van der Waals surface area contributed by atoms with Crippen molar-refractivity contribution in [1.82, 2.24) is 19.9 Å². The molecular weight excluding hydrogens is 469 g/mol. The number of aryl methyl sites for hydroxylation is 1. The topological polar surface area (TPSA) is 71.0 Å². The number of nitrogens with zero attached hydrogens (tertiary/aromatic N) is 4. The van der Waals surface area contributed by atoms with Gasteiger partial charge in [0.25, 0.3) is 5.91 Å². The first-order chi connectivity index (χ1) is 14.5. The lowest BCUT2D eigenvalue weighted by Gasteiger charge is -2.27. The van der Waals surface area contributed by atoms with Crippen LogP contribution in [0.4, 0.5) is 10.3 Å². The summed E-state index contributed by atoms with van der Waals surface area (Å²) in [6.07, 6.45) is 5.40. The number of anilines is 1. The van der Waals surface area contributed by atoms with E-state index in [1.807, 2.05) is 11.8 Å². The molecule has 0 bridgehead atoms. The van der Waals surface area contributed by atoms with E-state index in [0.717, 1.165) is 32.8 Å². The van der Waals surface area contributed by atoms with Gasteiger partial charge in [-0.15, -0.1) is 11.3 Å². The molecule has 3 atom stereocenters. The molecule has 30 heavy (non-hydrogen) atoms. The number of amides is 1. The fourth-order valence-electron chi connectivity index (χ4n) is 4.16. The Labute approximate surface area is 185 Å². The maximum Gasteiger partial charge on any atom is 0.274 e. The van der Waals surface area contributed by atoms with Gasteiger partial charge >= 0.3 is 0 Å². The fourth-order valence-corrected chi connectivity index (χ4v) is 5.28. The third-order valence-electron chi connectivity index (χ3n) is 5.60. The van der Waals surface area contributed by atoms with Crippen LogP contribution in [0.2, 0.25) is 0 Å². The van der Waals surface area contributed by atoms with Gasteiger partial charge in [0.05, 0.1) is 20.4 Å². The molecule has 9 heteroatoms. The number of hydrogen-bond donors (Lipinski definition) is 1. The number of thiazole rings is 1. The monoisotopic (exact) mass is 487 g/mol. The standard InChI is InChI=1S/C21H19BrFN5OS/c1-11-27-18(19(30-11)12-2-4-15(23)5-3-12)20(29)28-16(6-13-7-17(13)28)10-26-21-24-8-14(22)9-25-21/h2-5,8-9,13,16-17H,6-7,10H2,1H3,(H,24,25,26)/t13-,16+,17+/m1/s1. The molecule has 2 aromatic heterocycles. The number of benzene rings is 1. The van der Waals surface area contributed by atoms with Crippen molar-refractivity contribution in [3.63, 3.8) is 0 Å². The SMILES string of the molecule is Cc1nc(C(=O)N2[C@H](CNc3ncc(Br)cn3)C[C@@H]3C[C@@H]32)c(-c2ccc(F)cc2)s1. The number of piperidine rings is 1. The zero-order valence-electron chi connectivity index (χ0n) is 16.2. The number of aromatic nitrogens is 3. The highest BCUT2D eigenvalue weighted by Gasteiger charge is 2.54. The molecule has 1 amide bonds. The average Bonchev–Trinajstić information content (AvgIpc) is 3.23. The van der Waals surface area contributed by atoms with Gasteiger partial charge in [-0.2, -0.15) is 0 Å². The minimum atomic E-state index is -0.297. The summed E-state index contributed by atoms with van der Waals surface area (Å²) >= 11 is 4.80. The van der Waals surface area contributed by atoms with Crippen LogP contribution in [0.1, 0.15) is 28.3 Å². The third kappa shape index (κ3) is 3.72. The summed E-state index contributed by atoms with van der Waals surface area (Å²) in [6, 6.07) is 6.57. The van der Waals surface area contributed by atoms with Crippen LogP contribution in [-0.4, -0.2) is 44.4 Å². The maximum absolute atomic E-state index is 13.6. The van der Waals surface area contributed by atoms with Gasteiger partial charge in [0.15, 0.2) is 0 Å². The number of nitrogens with one attached hydrogen (secondary N) is 1. The van der Waals surface area contributed by atoms with E-state index in [4.69, 9.17) is 0 Å². The minimum absolute atomic E-state index is 0.0489. The zero-order valence-corrected chi connectivity index (χ0v) is 18.6. The fraction of sp³-hybridized carbons (Fsp3) is 0.333. The van der Waals surface area contributed by atoms with E-state index < -0.39 is 0 Å². The number of fused-ring (bicyclic) bond motifs is 1. The summed E-state index contributed by atoms with van der Waals surface area (Å²) in [5, 5.41) is 4.07. The highest BCUT2D eigenvalue weighted by molar-refractivity contribution is 9.10. The summed E-state index contributed by atoms with van der Waals surface area (Å²) in [6.45, 7) is 2.48. The number of rotatable bonds is 5. The largest absolute Gasteiger partial charge is 0.352 e. The van der Waals surface area contributed by atoms with E-state index in [1.165, 1.54) is 23.5 Å². The third-order valence-corrected chi connectivity index (χ3v) is 7.03. The van der Waals surface area contributed by atoms with E-state index in [2.05, 4.69) is 36.2 Å². The Hall–Kier alpha value is -2.39. The number of halogens is 2. The van der Waals surface area contributed by atoms with Crippen molar-refractivity contribution in [2.75, 3.05) is 11.9 Å². The van der Waals surface area contributed by atoms with Crippen molar-refractivity contribution in [2.45, 2.75) is 31.8 Å². The second-order valence-electron chi connectivity index (χ2n) is 7.69. The Morgan fingerprint density at radius 2 is 2.00 bits per heavy atom. The first kappa shape index (κ1) is 19.6. The number of likely N-dealkylation sites (tertiary alicyclic amines) is 1.